The molecule has 8 heteroatoms. The second kappa shape index (κ2) is 7.86. The van der Waals surface area contributed by atoms with Crippen molar-refractivity contribution < 1.29 is 9.47 Å². The highest BCUT2D eigenvalue weighted by atomic mass is 127. The van der Waals surface area contributed by atoms with Crippen molar-refractivity contribution in [2.45, 2.75) is 50.3 Å². The summed E-state index contributed by atoms with van der Waals surface area (Å²) in [6.45, 7) is 7.63. The van der Waals surface area contributed by atoms with Gasteiger partial charge in [-0.3, -0.25) is 0 Å². The van der Waals surface area contributed by atoms with Crippen LogP contribution < -0.4 is 0 Å². The number of nitrogens with zero attached hydrogens (tertiary/aromatic N) is 2. The van der Waals surface area contributed by atoms with E-state index in [1.807, 2.05) is 0 Å². The molecule has 0 aromatic carbocycles. The lowest BCUT2D eigenvalue weighted by molar-refractivity contribution is -0.0326. The van der Waals surface area contributed by atoms with Crippen LogP contribution in [0.1, 0.15) is 20.3 Å². The fraction of sp³-hybridized carbons (Fsp3) is 1.00. The quantitative estimate of drug-likeness (QED) is 0.402. The van der Waals surface area contributed by atoms with Gasteiger partial charge < -0.3 is 14.3 Å². The van der Waals surface area contributed by atoms with Crippen LogP contribution in [0, 0.1) is 0 Å². The van der Waals surface area contributed by atoms with E-state index in [1.165, 1.54) is 0 Å². The fourth-order valence-electron chi connectivity index (χ4n) is 2.74. The van der Waals surface area contributed by atoms with E-state index in [1.54, 1.807) is 0 Å². The molecule has 4 nitrogen and oxygen atoms in total. The van der Waals surface area contributed by atoms with Gasteiger partial charge in [0.15, 0.2) is 0 Å². The number of hydrogen-bond acceptors (Lipinski definition) is 4. The summed E-state index contributed by atoms with van der Waals surface area (Å²) >= 11 is 2.31. The Labute approximate surface area is 139 Å². The Kier molecular flexibility index (Phi) is 6.73. The van der Waals surface area contributed by atoms with Gasteiger partial charge in [0, 0.05) is 61.1 Å². The van der Waals surface area contributed by atoms with Crippen molar-refractivity contribution >= 4 is 46.0 Å². The summed E-state index contributed by atoms with van der Waals surface area (Å²) in [7, 11) is 14.1. The molecule has 5 atom stereocenters. The average Bonchev–Trinajstić information content (AvgIpc) is 2.36. The van der Waals surface area contributed by atoms with Crippen molar-refractivity contribution in [3.8, 4) is 0 Å². The molecule has 0 bridgehead atoms. The van der Waals surface area contributed by atoms with Crippen LogP contribution in [0.5, 0.6) is 0 Å². The monoisotopic (exact) mass is 385 g/mol. The molecule has 0 spiro atoms. The van der Waals surface area contributed by atoms with Crippen molar-refractivity contribution in [1.29, 1.82) is 0 Å². The molecule has 0 amide bonds. The van der Waals surface area contributed by atoms with Crippen LogP contribution in [0.2, 0.25) is 5.82 Å². The summed E-state index contributed by atoms with van der Waals surface area (Å²) in [5, 5.41) is 0. The Morgan fingerprint density at radius 3 is 2.55 bits per heavy atom. The van der Waals surface area contributed by atoms with Gasteiger partial charge in [-0.05, 0) is 12.2 Å². The summed E-state index contributed by atoms with van der Waals surface area (Å²) in [6, 6.07) is -0.399. The number of halogens is 1. The van der Waals surface area contributed by atoms with Crippen LogP contribution in [-0.4, -0.2) is 81.4 Å². The maximum absolute atomic E-state index is 5.94. The van der Waals surface area contributed by atoms with Crippen LogP contribution in [0.4, 0.5) is 0 Å². The third kappa shape index (κ3) is 4.90. The molecule has 2 saturated heterocycles. The predicted molar refractivity (Wildman–Crippen MR) is 91.5 cm³/mol. The normalized spacial score (nSPS) is 38.5. The number of morpholine rings is 2. The molecular formula is C12H21B3IN2O2. The first-order valence-electron chi connectivity index (χ1n) is 7.29. The molecule has 20 heavy (non-hydrogen) atoms. The zero-order valence-corrected chi connectivity index (χ0v) is 14.4. The maximum Gasteiger partial charge on any atom is 0.214 e. The second-order valence-corrected chi connectivity index (χ2v) is 7.07. The number of ether oxygens (including phenoxy) is 2. The largest absolute Gasteiger partial charge is 0.382 e. The highest BCUT2D eigenvalue weighted by Gasteiger charge is 2.32. The van der Waals surface area contributed by atoms with E-state index in [-0.39, 0.29) is 24.2 Å². The lowest BCUT2D eigenvalue weighted by atomic mass is 9.69. The Hall–Kier alpha value is 0.765. The van der Waals surface area contributed by atoms with Gasteiger partial charge in [-0.25, -0.2) is 3.11 Å². The Bertz CT molecular complexity index is 306. The molecule has 0 aromatic rings. The summed E-state index contributed by atoms with van der Waals surface area (Å²) in [5.41, 5.74) is 0. The van der Waals surface area contributed by atoms with Crippen LogP contribution in [0.3, 0.4) is 0 Å². The first-order valence-corrected chi connectivity index (χ1v) is 8.26. The summed E-state index contributed by atoms with van der Waals surface area (Å²) < 4.78 is 13.7. The van der Waals surface area contributed by atoms with E-state index in [0.717, 1.165) is 32.6 Å². The van der Waals surface area contributed by atoms with E-state index in [9.17, 15) is 0 Å². The van der Waals surface area contributed by atoms with E-state index >= 15 is 0 Å². The number of hydrogen-bond donors (Lipinski definition) is 0. The molecule has 5 unspecified atom stereocenters. The van der Waals surface area contributed by atoms with Crippen molar-refractivity contribution in [2.24, 2.45) is 0 Å². The summed E-state index contributed by atoms with van der Waals surface area (Å²) in [4.78, 5) is 2.27. The Morgan fingerprint density at radius 2 is 1.90 bits per heavy atom. The zero-order chi connectivity index (χ0) is 14.7. The van der Waals surface area contributed by atoms with Gasteiger partial charge >= 0.3 is 0 Å². The average molecular weight is 385 g/mol. The van der Waals surface area contributed by atoms with Crippen LogP contribution >= 0.6 is 22.9 Å². The molecule has 107 valence electrons. The predicted octanol–water partition coefficient (Wildman–Crippen LogP) is 0.565. The van der Waals surface area contributed by atoms with Gasteiger partial charge in [0.1, 0.15) is 15.7 Å². The molecule has 2 heterocycles. The van der Waals surface area contributed by atoms with Crippen LogP contribution in [0.25, 0.3) is 0 Å². The lowest BCUT2D eigenvalue weighted by Crippen LogP contribution is -2.52. The molecule has 2 rings (SSSR count). The standard InChI is InChI=1S/C12H21B3IN2O2/c1-3-9-4-17(6-11(13)19-9)15-8(2)10-5-18(16)7-12(14)20-10/h8-12H,3-7H2,1-2H3. The van der Waals surface area contributed by atoms with Gasteiger partial charge in [-0.2, -0.15) is 0 Å². The Morgan fingerprint density at radius 1 is 1.20 bits per heavy atom. The molecule has 0 N–H and O–H groups in total. The minimum Gasteiger partial charge on any atom is -0.382 e. The molecule has 0 saturated carbocycles. The molecule has 2 aliphatic rings. The zero-order valence-electron chi connectivity index (χ0n) is 12.2. The van der Waals surface area contributed by atoms with Crippen molar-refractivity contribution in [2.75, 3.05) is 26.2 Å². The van der Waals surface area contributed by atoms with Gasteiger partial charge in [0.05, 0.1) is 12.2 Å². The van der Waals surface area contributed by atoms with E-state index in [2.05, 4.69) is 52.1 Å². The minimum atomic E-state index is -0.201. The molecular weight excluding hydrogens is 363 g/mol. The second-order valence-electron chi connectivity index (χ2n) is 5.71. The molecule has 2 aliphatic heterocycles. The van der Waals surface area contributed by atoms with E-state index in [0.29, 0.717) is 5.82 Å². The van der Waals surface area contributed by atoms with Crippen molar-refractivity contribution in [3.63, 3.8) is 0 Å². The molecule has 0 aliphatic carbocycles. The molecule has 5 radical (unpaired) electrons. The topological polar surface area (TPSA) is 24.9 Å². The van der Waals surface area contributed by atoms with Crippen molar-refractivity contribution in [1.82, 2.24) is 7.92 Å². The first-order chi connectivity index (χ1) is 9.47. The van der Waals surface area contributed by atoms with Gasteiger partial charge in [-0.15, -0.1) is 0 Å². The van der Waals surface area contributed by atoms with Gasteiger partial charge in [0.2, 0.25) is 7.41 Å². The van der Waals surface area contributed by atoms with Crippen LogP contribution in [-0.2, 0) is 9.47 Å². The minimum absolute atomic E-state index is 0.134. The molecule has 0 aromatic heterocycles. The molecule has 2 fully saturated rings. The SMILES string of the molecule is [B]C1CN([B]C(C)C2CN(I)CC([B])O2)CC(CC)O1. The smallest absolute Gasteiger partial charge is 0.214 e. The van der Waals surface area contributed by atoms with E-state index < -0.39 is 0 Å². The Balaban J connectivity index is 1.85. The van der Waals surface area contributed by atoms with Crippen LogP contribution in [0.15, 0.2) is 0 Å². The third-order valence-electron chi connectivity index (χ3n) is 3.81. The number of rotatable bonds is 4. The lowest BCUT2D eigenvalue weighted by Gasteiger charge is -2.41. The summed E-state index contributed by atoms with van der Waals surface area (Å²) in [6.07, 6.45) is 1.34. The fourth-order valence-corrected chi connectivity index (χ4v) is 3.52. The van der Waals surface area contributed by atoms with E-state index in [4.69, 9.17) is 25.2 Å². The van der Waals surface area contributed by atoms with Gasteiger partial charge in [-0.1, -0.05) is 13.8 Å². The highest BCUT2D eigenvalue weighted by molar-refractivity contribution is 14.1. The first kappa shape index (κ1) is 17.1. The summed E-state index contributed by atoms with van der Waals surface area (Å²) in [5.74, 6) is 0.307. The highest BCUT2D eigenvalue weighted by Crippen LogP contribution is 2.24. The maximum atomic E-state index is 5.94. The third-order valence-corrected chi connectivity index (χ3v) is 4.60. The van der Waals surface area contributed by atoms with Crippen molar-refractivity contribution in [3.05, 3.63) is 0 Å². The van der Waals surface area contributed by atoms with Gasteiger partial charge in [0.25, 0.3) is 0 Å².